The SMILES string of the molecule is CN(C)C(=O)C1CN(c2ncc(C(F)(F)F)cc2Br)CCO1. The first-order chi connectivity index (χ1) is 10.2. The molecule has 0 aromatic carbocycles. The van der Waals surface area contributed by atoms with Crippen LogP contribution in [0.1, 0.15) is 5.56 Å². The number of morpholine rings is 1. The van der Waals surface area contributed by atoms with Crippen LogP contribution in [-0.2, 0) is 15.7 Å². The number of alkyl halides is 3. The number of ether oxygens (including phenoxy) is 1. The van der Waals surface area contributed by atoms with E-state index >= 15 is 0 Å². The lowest BCUT2D eigenvalue weighted by molar-refractivity contribution is -0.141. The van der Waals surface area contributed by atoms with Gasteiger partial charge in [-0.3, -0.25) is 4.79 Å². The number of rotatable bonds is 2. The molecule has 2 heterocycles. The Labute approximate surface area is 134 Å². The Morgan fingerprint density at radius 3 is 2.73 bits per heavy atom. The smallest absolute Gasteiger partial charge is 0.365 e. The first-order valence-electron chi connectivity index (χ1n) is 6.50. The second kappa shape index (κ2) is 6.41. The van der Waals surface area contributed by atoms with Gasteiger partial charge in [-0.25, -0.2) is 4.98 Å². The topological polar surface area (TPSA) is 45.7 Å². The molecule has 2 rings (SSSR count). The van der Waals surface area contributed by atoms with E-state index in [9.17, 15) is 18.0 Å². The number of halogens is 4. The van der Waals surface area contributed by atoms with E-state index in [-0.39, 0.29) is 16.9 Å². The number of carbonyl (C=O) groups is 1. The Hall–Kier alpha value is -1.35. The Morgan fingerprint density at radius 1 is 1.50 bits per heavy atom. The maximum Gasteiger partial charge on any atom is 0.417 e. The average Bonchev–Trinajstić information content (AvgIpc) is 2.45. The minimum Gasteiger partial charge on any atom is -0.365 e. The molecule has 1 aliphatic rings. The molecule has 5 nitrogen and oxygen atoms in total. The first kappa shape index (κ1) is 17.0. The van der Waals surface area contributed by atoms with Crippen molar-refractivity contribution in [1.29, 1.82) is 0 Å². The summed E-state index contributed by atoms with van der Waals surface area (Å²) in [7, 11) is 3.24. The Kier molecular flexibility index (Phi) is 4.96. The lowest BCUT2D eigenvalue weighted by atomic mass is 10.2. The second-order valence-electron chi connectivity index (χ2n) is 5.07. The number of hydrogen-bond acceptors (Lipinski definition) is 4. The Bertz CT molecular complexity index is 566. The van der Waals surface area contributed by atoms with Crippen LogP contribution in [0.25, 0.3) is 0 Å². The Balaban J connectivity index is 2.19. The zero-order valence-corrected chi connectivity index (χ0v) is 13.6. The maximum absolute atomic E-state index is 12.7. The van der Waals surface area contributed by atoms with E-state index in [0.29, 0.717) is 19.0 Å². The van der Waals surface area contributed by atoms with Crippen molar-refractivity contribution in [3.63, 3.8) is 0 Å². The quantitative estimate of drug-likeness (QED) is 0.787. The van der Waals surface area contributed by atoms with Crippen molar-refractivity contribution in [1.82, 2.24) is 9.88 Å². The van der Waals surface area contributed by atoms with Crippen LogP contribution in [0.5, 0.6) is 0 Å². The normalized spacial score (nSPS) is 19.2. The summed E-state index contributed by atoms with van der Waals surface area (Å²) in [5, 5.41) is 0. The van der Waals surface area contributed by atoms with Crippen LogP contribution in [-0.4, -0.2) is 55.7 Å². The summed E-state index contributed by atoms with van der Waals surface area (Å²) in [5.74, 6) is 0.181. The van der Waals surface area contributed by atoms with Crippen molar-refractivity contribution in [3.05, 3.63) is 22.3 Å². The summed E-state index contributed by atoms with van der Waals surface area (Å²) in [6.07, 6.45) is -4.30. The molecule has 1 amide bonds. The van der Waals surface area contributed by atoms with E-state index in [4.69, 9.17) is 4.74 Å². The lowest BCUT2D eigenvalue weighted by Gasteiger charge is -2.34. The van der Waals surface area contributed by atoms with Gasteiger partial charge in [0, 0.05) is 26.8 Å². The number of anilines is 1. The minimum atomic E-state index is -4.44. The fraction of sp³-hybridized carbons (Fsp3) is 0.538. The summed E-state index contributed by atoms with van der Waals surface area (Å²) in [5.41, 5.74) is -0.822. The fourth-order valence-corrected chi connectivity index (χ4v) is 2.70. The molecule has 0 saturated carbocycles. The number of likely N-dealkylation sites (N-methyl/N-ethyl adjacent to an activating group) is 1. The molecule has 22 heavy (non-hydrogen) atoms. The summed E-state index contributed by atoms with van der Waals surface area (Å²) >= 11 is 3.12. The van der Waals surface area contributed by atoms with Crippen LogP contribution in [0, 0.1) is 0 Å². The van der Waals surface area contributed by atoms with E-state index in [1.54, 1.807) is 19.0 Å². The molecule has 1 fully saturated rings. The zero-order chi connectivity index (χ0) is 16.5. The molecule has 9 heteroatoms. The van der Waals surface area contributed by atoms with Crippen molar-refractivity contribution >= 4 is 27.7 Å². The number of carbonyl (C=O) groups excluding carboxylic acids is 1. The molecule has 1 atom stereocenters. The monoisotopic (exact) mass is 381 g/mol. The predicted octanol–water partition coefficient (Wildman–Crippen LogP) is 2.16. The predicted molar refractivity (Wildman–Crippen MR) is 77.6 cm³/mol. The van der Waals surface area contributed by atoms with Gasteiger partial charge in [0.25, 0.3) is 5.91 Å². The highest BCUT2D eigenvalue weighted by molar-refractivity contribution is 9.10. The standard InChI is InChI=1S/C13H15BrF3N3O2/c1-19(2)12(21)10-7-20(3-4-22-10)11-9(14)5-8(6-18-11)13(15,16)17/h5-6,10H,3-4,7H2,1-2H3. The van der Waals surface area contributed by atoms with Gasteiger partial charge >= 0.3 is 6.18 Å². The van der Waals surface area contributed by atoms with E-state index in [1.807, 2.05) is 0 Å². The van der Waals surface area contributed by atoms with Gasteiger partial charge in [-0.05, 0) is 22.0 Å². The number of pyridine rings is 1. The third-order valence-electron chi connectivity index (χ3n) is 3.23. The number of hydrogen-bond donors (Lipinski definition) is 0. The summed E-state index contributed by atoms with van der Waals surface area (Å²) < 4.78 is 43.6. The minimum absolute atomic E-state index is 0.187. The zero-order valence-electron chi connectivity index (χ0n) is 12.0. The van der Waals surface area contributed by atoms with Crippen molar-refractivity contribution < 1.29 is 22.7 Å². The van der Waals surface area contributed by atoms with Crippen molar-refractivity contribution in [2.75, 3.05) is 38.7 Å². The van der Waals surface area contributed by atoms with E-state index in [0.717, 1.165) is 12.3 Å². The van der Waals surface area contributed by atoms with Crippen LogP contribution in [0.15, 0.2) is 16.7 Å². The number of nitrogens with zero attached hydrogens (tertiary/aromatic N) is 3. The summed E-state index contributed by atoms with van der Waals surface area (Å²) in [6, 6.07) is 0.987. The lowest BCUT2D eigenvalue weighted by Crippen LogP contribution is -2.49. The molecular weight excluding hydrogens is 367 g/mol. The molecular formula is C13H15BrF3N3O2. The second-order valence-corrected chi connectivity index (χ2v) is 5.92. The third-order valence-corrected chi connectivity index (χ3v) is 3.81. The number of amides is 1. The van der Waals surface area contributed by atoms with E-state index < -0.39 is 17.8 Å². The maximum atomic E-state index is 12.7. The molecule has 0 spiro atoms. The van der Waals surface area contributed by atoms with Crippen LogP contribution >= 0.6 is 15.9 Å². The fourth-order valence-electron chi connectivity index (χ4n) is 2.10. The number of aromatic nitrogens is 1. The average molecular weight is 382 g/mol. The highest BCUT2D eigenvalue weighted by Gasteiger charge is 2.33. The Morgan fingerprint density at radius 2 is 2.18 bits per heavy atom. The summed E-state index contributed by atoms with van der Waals surface area (Å²) in [4.78, 5) is 19.0. The van der Waals surface area contributed by atoms with E-state index in [2.05, 4.69) is 20.9 Å². The van der Waals surface area contributed by atoms with Gasteiger partial charge in [-0.1, -0.05) is 0 Å². The van der Waals surface area contributed by atoms with Gasteiger partial charge in [0.1, 0.15) is 5.82 Å². The molecule has 1 saturated heterocycles. The molecule has 1 unspecified atom stereocenters. The molecule has 1 aliphatic heterocycles. The summed E-state index contributed by atoms with van der Waals surface area (Å²) in [6.45, 7) is 1.00. The van der Waals surface area contributed by atoms with Crippen molar-refractivity contribution in [2.45, 2.75) is 12.3 Å². The van der Waals surface area contributed by atoms with Crippen molar-refractivity contribution in [2.24, 2.45) is 0 Å². The largest absolute Gasteiger partial charge is 0.417 e. The molecule has 122 valence electrons. The van der Waals surface area contributed by atoms with E-state index in [1.165, 1.54) is 4.90 Å². The molecule has 0 bridgehead atoms. The van der Waals surface area contributed by atoms with Crippen molar-refractivity contribution in [3.8, 4) is 0 Å². The van der Waals surface area contributed by atoms with Gasteiger partial charge in [0.05, 0.1) is 23.2 Å². The van der Waals surface area contributed by atoms with Gasteiger partial charge in [-0.2, -0.15) is 13.2 Å². The van der Waals surface area contributed by atoms with Gasteiger partial charge < -0.3 is 14.5 Å². The molecule has 0 aliphatic carbocycles. The van der Waals surface area contributed by atoms with Crippen LogP contribution in [0.3, 0.4) is 0 Å². The van der Waals surface area contributed by atoms with Gasteiger partial charge in [0.15, 0.2) is 6.10 Å². The molecule has 0 N–H and O–H groups in total. The van der Waals surface area contributed by atoms with Crippen LogP contribution in [0.2, 0.25) is 0 Å². The van der Waals surface area contributed by atoms with Gasteiger partial charge in [0.2, 0.25) is 0 Å². The molecule has 1 aromatic rings. The first-order valence-corrected chi connectivity index (χ1v) is 7.30. The highest BCUT2D eigenvalue weighted by Crippen LogP contribution is 2.34. The third kappa shape index (κ3) is 3.70. The highest BCUT2D eigenvalue weighted by atomic mass is 79.9. The van der Waals surface area contributed by atoms with Gasteiger partial charge in [-0.15, -0.1) is 0 Å². The van der Waals surface area contributed by atoms with Crippen LogP contribution in [0.4, 0.5) is 19.0 Å². The molecule has 0 radical (unpaired) electrons. The van der Waals surface area contributed by atoms with Crippen LogP contribution < -0.4 is 4.90 Å². The molecule has 1 aromatic heterocycles.